The molecule has 0 aliphatic carbocycles. The number of carbonyl (C=O) groups is 1. The molecule has 3 aromatic carbocycles. The lowest BCUT2D eigenvalue weighted by atomic mass is 10.1. The molecule has 0 radical (unpaired) electrons. The van der Waals surface area contributed by atoms with Crippen LogP contribution in [0.3, 0.4) is 0 Å². The number of nitro groups is 1. The van der Waals surface area contributed by atoms with Crippen molar-refractivity contribution in [3.8, 4) is 0 Å². The van der Waals surface area contributed by atoms with Crippen molar-refractivity contribution in [2.24, 2.45) is 0 Å². The summed E-state index contributed by atoms with van der Waals surface area (Å²) in [5, 5.41) is 19.2. The van der Waals surface area contributed by atoms with Gasteiger partial charge in [-0.3, -0.25) is 20.2 Å². The summed E-state index contributed by atoms with van der Waals surface area (Å²) in [6, 6.07) is 17.9. The zero-order valence-corrected chi connectivity index (χ0v) is 18.4. The van der Waals surface area contributed by atoms with Crippen LogP contribution in [0.25, 0.3) is 21.9 Å². The highest BCUT2D eigenvalue weighted by Crippen LogP contribution is 2.32. The SMILES string of the molecule is O=C(NC(=S)Nc1ccc2c(c1)oc1ccccc12)c1ccc(N2CCCC2)c([N+](=O)[O-])c1. The van der Waals surface area contributed by atoms with E-state index in [1.54, 1.807) is 12.1 Å². The van der Waals surface area contributed by atoms with Gasteiger partial charge in [0.2, 0.25) is 0 Å². The van der Waals surface area contributed by atoms with Crippen LogP contribution in [0.1, 0.15) is 23.2 Å². The van der Waals surface area contributed by atoms with Crippen LogP contribution < -0.4 is 15.5 Å². The van der Waals surface area contributed by atoms with Gasteiger partial charge in [-0.15, -0.1) is 0 Å². The molecule has 166 valence electrons. The molecule has 2 N–H and O–H groups in total. The minimum absolute atomic E-state index is 0.0845. The number of hydrogen-bond donors (Lipinski definition) is 2. The van der Waals surface area contributed by atoms with E-state index in [1.165, 1.54) is 6.07 Å². The van der Waals surface area contributed by atoms with Gasteiger partial charge in [-0.1, -0.05) is 18.2 Å². The second-order valence-corrected chi connectivity index (χ2v) is 8.28. The van der Waals surface area contributed by atoms with Crippen LogP contribution in [0.4, 0.5) is 17.1 Å². The number of amides is 1. The first-order chi connectivity index (χ1) is 16.0. The minimum Gasteiger partial charge on any atom is -0.456 e. The molecule has 8 nitrogen and oxygen atoms in total. The largest absolute Gasteiger partial charge is 0.456 e. The number of benzene rings is 3. The van der Waals surface area contributed by atoms with E-state index in [1.807, 2.05) is 47.4 Å². The third-order valence-corrected chi connectivity index (χ3v) is 5.95. The Bertz CT molecular complexity index is 1410. The van der Waals surface area contributed by atoms with E-state index in [4.69, 9.17) is 16.6 Å². The lowest BCUT2D eigenvalue weighted by molar-refractivity contribution is -0.384. The maximum atomic E-state index is 12.7. The first-order valence-corrected chi connectivity index (χ1v) is 11.0. The number of fused-ring (bicyclic) bond motifs is 3. The van der Waals surface area contributed by atoms with E-state index in [9.17, 15) is 14.9 Å². The molecule has 1 aromatic heterocycles. The Morgan fingerprint density at radius 2 is 1.76 bits per heavy atom. The summed E-state index contributed by atoms with van der Waals surface area (Å²) < 4.78 is 5.88. The molecule has 4 aromatic rings. The molecule has 9 heteroatoms. The average molecular weight is 461 g/mol. The molecule has 1 aliphatic rings. The van der Waals surface area contributed by atoms with E-state index in [0.29, 0.717) is 17.0 Å². The third-order valence-electron chi connectivity index (χ3n) is 5.74. The van der Waals surface area contributed by atoms with Crippen molar-refractivity contribution >= 4 is 62.2 Å². The van der Waals surface area contributed by atoms with E-state index < -0.39 is 10.8 Å². The van der Waals surface area contributed by atoms with Gasteiger partial charge in [0.25, 0.3) is 11.6 Å². The monoisotopic (exact) mass is 460 g/mol. The van der Waals surface area contributed by atoms with Gasteiger partial charge in [-0.25, -0.2) is 0 Å². The van der Waals surface area contributed by atoms with E-state index in [-0.39, 0.29) is 16.4 Å². The summed E-state index contributed by atoms with van der Waals surface area (Å²) in [6.45, 7) is 1.55. The summed E-state index contributed by atoms with van der Waals surface area (Å²) >= 11 is 5.28. The highest BCUT2D eigenvalue weighted by atomic mass is 32.1. The summed E-state index contributed by atoms with van der Waals surface area (Å²) in [7, 11) is 0. The minimum atomic E-state index is -0.520. The van der Waals surface area contributed by atoms with Crippen molar-refractivity contribution in [1.29, 1.82) is 0 Å². The third kappa shape index (κ3) is 4.10. The predicted molar refractivity (Wildman–Crippen MR) is 132 cm³/mol. The van der Waals surface area contributed by atoms with Gasteiger partial charge in [0, 0.05) is 47.2 Å². The number of thiocarbonyl (C=S) groups is 1. The van der Waals surface area contributed by atoms with Crippen LogP contribution in [0.15, 0.2) is 65.1 Å². The quantitative estimate of drug-likeness (QED) is 0.245. The molecule has 5 rings (SSSR count). The molecule has 0 saturated carbocycles. The Hall–Kier alpha value is -3.98. The van der Waals surface area contributed by atoms with Crippen molar-refractivity contribution < 1.29 is 14.1 Å². The van der Waals surface area contributed by atoms with Gasteiger partial charge in [0.15, 0.2) is 5.11 Å². The number of furan rings is 1. The normalized spacial score (nSPS) is 13.4. The van der Waals surface area contributed by atoms with E-state index in [2.05, 4.69) is 10.6 Å². The molecule has 1 saturated heterocycles. The molecule has 0 bridgehead atoms. The van der Waals surface area contributed by atoms with Crippen molar-refractivity contribution in [2.45, 2.75) is 12.8 Å². The fourth-order valence-electron chi connectivity index (χ4n) is 4.18. The summed E-state index contributed by atoms with van der Waals surface area (Å²) in [5.41, 5.74) is 2.76. The zero-order chi connectivity index (χ0) is 22.9. The van der Waals surface area contributed by atoms with Gasteiger partial charge in [-0.05, 0) is 55.4 Å². The number of nitrogens with one attached hydrogen (secondary N) is 2. The van der Waals surface area contributed by atoms with Crippen LogP contribution >= 0.6 is 12.2 Å². The second kappa shape index (κ2) is 8.51. The van der Waals surface area contributed by atoms with E-state index >= 15 is 0 Å². The van der Waals surface area contributed by atoms with Crippen LogP contribution in [0.2, 0.25) is 0 Å². The number of rotatable bonds is 4. The predicted octanol–water partition coefficient (Wildman–Crippen LogP) is 5.22. The standard InChI is InChI=1S/C24H20N4O4S/c29-23(15-7-10-19(20(13-15)28(30)31)27-11-3-4-12-27)26-24(33)25-16-8-9-18-17-5-1-2-6-21(17)32-22(18)14-16/h1-2,5-10,13-14H,3-4,11-12H2,(H2,25,26,29,33). The number of nitrogens with zero attached hydrogens (tertiary/aromatic N) is 2. The summed E-state index contributed by atoms with van der Waals surface area (Å²) in [6.07, 6.45) is 2.00. The van der Waals surface area contributed by atoms with Gasteiger partial charge < -0.3 is 14.6 Å². The Morgan fingerprint density at radius 1 is 1.00 bits per heavy atom. The molecule has 0 atom stereocenters. The van der Waals surface area contributed by atoms with Crippen LogP contribution in [-0.2, 0) is 0 Å². The number of carbonyl (C=O) groups excluding carboxylic acids is 1. The molecular formula is C24H20N4O4S. The fourth-order valence-corrected chi connectivity index (χ4v) is 4.39. The van der Waals surface area contributed by atoms with Crippen LogP contribution in [-0.4, -0.2) is 29.0 Å². The second-order valence-electron chi connectivity index (χ2n) is 7.87. The molecule has 1 aliphatic heterocycles. The fraction of sp³-hybridized carbons (Fsp3) is 0.167. The number of nitro benzene ring substituents is 1. The maximum absolute atomic E-state index is 12.7. The molecule has 1 amide bonds. The summed E-state index contributed by atoms with van der Waals surface area (Å²) in [4.78, 5) is 25.8. The molecule has 0 spiro atoms. The summed E-state index contributed by atoms with van der Waals surface area (Å²) in [5.74, 6) is -0.520. The highest BCUT2D eigenvalue weighted by Gasteiger charge is 2.24. The van der Waals surface area contributed by atoms with Crippen LogP contribution in [0.5, 0.6) is 0 Å². The van der Waals surface area contributed by atoms with E-state index in [0.717, 1.165) is 42.3 Å². The smallest absolute Gasteiger partial charge is 0.293 e. The lowest BCUT2D eigenvalue weighted by Crippen LogP contribution is -2.34. The maximum Gasteiger partial charge on any atom is 0.293 e. The first-order valence-electron chi connectivity index (χ1n) is 10.6. The topological polar surface area (TPSA) is 101 Å². The first kappa shape index (κ1) is 20.9. The van der Waals surface area contributed by atoms with Gasteiger partial charge in [0.05, 0.1) is 4.92 Å². The van der Waals surface area contributed by atoms with Gasteiger partial charge in [0.1, 0.15) is 16.9 Å². The lowest BCUT2D eigenvalue weighted by Gasteiger charge is -2.18. The number of hydrogen-bond acceptors (Lipinski definition) is 6. The van der Waals surface area contributed by atoms with Crippen molar-refractivity contribution in [3.05, 3.63) is 76.3 Å². The van der Waals surface area contributed by atoms with Gasteiger partial charge >= 0.3 is 0 Å². The average Bonchev–Trinajstić information content (AvgIpc) is 3.46. The molecular weight excluding hydrogens is 440 g/mol. The van der Waals surface area contributed by atoms with Crippen molar-refractivity contribution in [3.63, 3.8) is 0 Å². The Balaban J connectivity index is 1.31. The number of anilines is 2. The Kier molecular flexibility index (Phi) is 5.39. The molecule has 1 fully saturated rings. The molecule has 33 heavy (non-hydrogen) atoms. The molecule has 2 heterocycles. The molecule has 0 unspecified atom stereocenters. The Morgan fingerprint density at radius 3 is 2.55 bits per heavy atom. The van der Waals surface area contributed by atoms with Gasteiger partial charge in [-0.2, -0.15) is 0 Å². The highest BCUT2D eigenvalue weighted by molar-refractivity contribution is 7.80. The zero-order valence-electron chi connectivity index (χ0n) is 17.5. The Labute approximate surface area is 194 Å². The number of para-hydroxylation sites is 1. The van der Waals surface area contributed by atoms with Crippen molar-refractivity contribution in [2.75, 3.05) is 23.3 Å². The van der Waals surface area contributed by atoms with Crippen LogP contribution in [0, 0.1) is 10.1 Å². The van der Waals surface area contributed by atoms with Crippen molar-refractivity contribution in [1.82, 2.24) is 5.32 Å².